The van der Waals surface area contributed by atoms with Gasteiger partial charge in [0.05, 0.1) is 5.56 Å². The molecule has 3 N–H and O–H groups in total. The maximum absolute atomic E-state index is 9.56. The van der Waals surface area contributed by atoms with Gasteiger partial charge >= 0.3 is 0 Å². The van der Waals surface area contributed by atoms with Crippen molar-refractivity contribution < 1.29 is 5.11 Å². The molecule has 0 saturated carbocycles. The molecule has 3 nitrogen and oxygen atoms in total. The van der Waals surface area contributed by atoms with Crippen molar-refractivity contribution in [2.45, 2.75) is 6.92 Å². The highest BCUT2D eigenvalue weighted by atomic mass is 32.1. The average Bonchev–Trinajstić information content (AvgIpc) is 2.53. The highest BCUT2D eigenvalue weighted by Gasteiger charge is 2.13. The first-order chi connectivity index (χ1) is 7.67. The van der Waals surface area contributed by atoms with Crippen molar-refractivity contribution in [2.75, 3.05) is 5.73 Å². The SMILES string of the molecule is C/C=C/c1cc(O)cc2sc(N)c(C#N)c12. The van der Waals surface area contributed by atoms with Crippen molar-refractivity contribution >= 4 is 32.5 Å². The quantitative estimate of drug-likeness (QED) is 0.790. The molecule has 0 aliphatic carbocycles. The standard InChI is InChI=1S/C12H10N2OS/c1-2-3-7-4-8(15)5-10-11(7)9(6-13)12(14)16-10/h2-5,15H,14H2,1H3/b3-2+. The molecule has 0 saturated heterocycles. The topological polar surface area (TPSA) is 70.0 Å². The van der Waals surface area contributed by atoms with Crippen LogP contribution in [0.25, 0.3) is 16.2 Å². The van der Waals surface area contributed by atoms with Gasteiger partial charge in [-0.2, -0.15) is 5.26 Å². The first-order valence-corrected chi connectivity index (χ1v) is 5.56. The molecule has 0 fully saturated rings. The maximum atomic E-state index is 9.56. The van der Waals surface area contributed by atoms with E-state index in [-0.39, 0.29) is 5.75 Å². The van der Waals surface area contributed by atoms with E-state index in [1.54, 1.807) is 12.1 Å². The Kier molecular flexibility index (Phi) is 2.55. The summed E-state index contributed by atoms with van der Waals surface area (Å²) in [6.45, 7) is 1.89. The van der Waals surface area contributed by atoms with Crippen LogP contribution in [-0.4, -0.2) is 5.11 Å². The average molecular weight is 230 g/mol. The lowest BCUT2D eigenvalue weighted by Gasteiger charge is -1.99. The fourth-order valence-electron chi connectivity index (χ4n) is 1.68. The molecule has 1 aromatic carbocycles. The summed E-state index contributed by atoms with van der Waals surface area (Å²) in [5.74, 6) is 0.186. The van der Waals surface area contributed by atoms with Crippen molar-refractivity contribution in [3.05, 3.63) is 29.3 Å². The lowest BCUT2D eigenvalue weighted by molar-refractivity contribution is 0.476. The number of phenols is 1. The number of nitriles is 1. The predicted octanol–water partition coefficient (Wildman–Crippen LogP) is 3.09. The minimum absolute atomic E-state index is 0.186. The van der Waals surface area contributed by atoms with Crippen molar-refractivity contribution in [1.29, 1.82) is 5.26 Å². The maximum Gasteiger partial charge on any atom is 0.117 e. The third-order valence-electron chi connectivity index (χ3n) is 2.29. The van der Waals surface area contributed by atoms with Crippen LogP contribution in [-0.2, 0) is 0 Å². The number of nitrogen functional groups attached to an aromatic ring is 1. The molecule has 2 rings (SSSR count). The summed E-state index contributed by atoms with van der Waals surface area (Å²) in [6, 6.07) is 5.37. The Labute approximate surface area is 97.1 Å². The number of nitrogens with two attached hydrogens (primary N) is 1. The van der Waals surface area contributed by atoms with E-state index in [9.17, 15) is 5.11 Å². The summed E-state index contributed by atoms with van der Waals surface area (Å²) in [5.41, 5.74) is 7.08. The van der Waals surface area contributed by atoms with Crippen molar-refractivity contribution in [3.8, 4) is 11.8 Å². The summed E-state index contributed by atoms with van der Waals surface area (Å²) >= 11 is 1.32. The third kappa shape index (κ3) is 1.51. The van der Waals surface area contributed by atoms with Gasteiger partial charge in [-0.05, 0) is 24.6 Å². The minimum atomic E-state index is 0.186. The summed E-state index contributed by atoms with van der Waals surface area (Å²) in [7, 11) is 0. The molecule has 0 atom stereocenters. The molecule has 0 unspecified atom stereocenters. The Morgan fingerprint density at radius 2 is 2.25 bits per heavy atom. The number of thiophene rings is 1. The van der Waals surface area contributed by atoms with Crippen LogP contribution in [0.1, 0.15) is 18.1 Å². The predicted molar refractivity (Wildman–Crippen MR) is 67.3 cm³/mol. The molecule has 2 aromatic rings. The number of allylic oxidation sites excluding steroid dienone is 1. The Morgan fingerprint density at radius 3 is 2.88 bits per heavy atom. The van der Waals surface area contributed by atoms with Crippen LogP contribution in [0.15, 0.2) is 18.2 Å². The van der Waals surface area contributed by atoms with Crippen molar-refractivity contribution in [1.82, 2.24) is 0 Å². The molecule has 80 valence electrons. The van der Waals surface area contributed by atoms with Gasteiger partial charge in [0.15, 0.2) is 0 Å². The zero-order valence-electron chi connectivity index (χ0n) is 8.69. The van der Waals surface area contributed by atoms with Gasteiger partial charge in [0.25, 0.3) is 0 Å². The van der Waals surface area contributed by atoms with Gasteiger partial charge < -0.3 is 10.8 Å². The van der Waals surface area contributed by atoms with Crippen LogP contribution in [0.3, 0.4) is 0 Å². The first kappa shape index (κ1) is 10.5. The number of aromatic hydroxyl groups is 1. The van der Waals surface area contributed by atoms with Crippen LogP contribution in [0.2, 0.25) is 0 Å². The second-order valence-corrected chi connectivity index (χ2v) is 4.45. The Bertz CT molecular complexity index is 620. The van der Waals surface area contributed by atoms with E-state index in [1.807, 2.05) is 19.1 Å². The molecule has 0 bridgehead atoms. The van der Waals surface area contributed by atoms with Gasteiger partial charge in [0, 0.05) is 10.1 Å². The fourth-order valence-corrected chi connectivity index (χ4v) is 2.67. The number of rotatable bonds is 1. The van der Waals surface area contributed by atoms with Gasteiger partial charge in [-0.25, -0.2) is 0 Å². The zero-order chi connectivity index (χ0) is 11.7. The Morgan fingerprint density at radius 1 is 1.50 bits per heavy atom. The van der Waals surface area contributed by atoms with Crippen LogP contribution >= 0.6 is 11.3 Å². The normalized spacial score (nSPS) is 11.0. The van der Waals surface area contributed by atoms with E-state index in [2.05, 4.69) is 6.07 Å². The molecule has 1 aromatic heterocycles. The van der Waals surface area contributed by atoms with Gasteiger partial charge in [-0.3, -0.25) is 0 Å². The lowest BCUT2D eigenvalue weighted by Crippen LogP contribution is -1.84. The highest BCUT2D eigenvalue weighted by molar-refractivity contribution is 7.23. The minimum Gasteiger partial charge on any atom is -0.508 e. The van der Waals surface area contributed by atoms with Gasteiger partial charge in [0.2, 0.25) is 0 Å². The molecular weight excluding hydrogens is 220 g/mol. The highest BCUT2D eigenvalue weighted by Crippen LogP contribution is 2.38. The summed E-state index contributed by atoms with van der Waals surface area (Å²) in [6.07, 6.45) is 3.72. The number of hydrogen-bond acceptors (Lipinski definition) is 4. The number of benzene rings is 1. The molecule has 0 radical (unpaired) electrons. The summed E-state index contributed by atoms with van der Waals surface area (Å²) < 4.78 is 0.835. The zero-order valence-corrected chi connectivity index (χ0v) is 9.51. The van der Waals surface area contributed by atoms with Crippen molar-refractivity contribution in [3.63, 3.8) is 0 Å². The number of anilines is 1. The fraction of sp³-hybridized carbons (Fsp3) is 0.0833. The first-order valence-electron chi connectivity index (χ1n) is 4.75. The summed E-state index contributed by atoms with van der Waals surface area (Å²) in [4.78, 5) is 0. The number of hydrogen-bond donors (Lipinski definition) is 2. The lowest BCUT2D eigenvalue weighted by atomic mass is 10.1. The molecule has 4 heteroatoms. The Hall–Kier alpha value is -1.99. The van der Waals surface area contributed by atoms with E-state index in [0.29, 0.717) is 10.6 Å². The largest absolute Gasteiger partial charge is 0.508 e. The molecule has 0 spiro atoms. The van der Waals surface area contributed by atoms with Gasteiger partial charge in [-0.15, -0.1) is 11.3 Å². The van der Waals surface area contributed by atoms with Gasteiger partial charge in [-0.1, -0.05) is 12.2 Å². The van der Waals surface area contributed by atoms with Crippen LogP contribution in [0, 0.1) is 11.3 Å². The Balaban J connectivity index is 2.92. The molecule has 0 aliphatic heterocycles. The third-order valence-corrected chi connectivity index (χ3v) is 3.26. The second kappa shape index (κ2) is 3.87. The van der Waals surface area contributed by atoms with E-state index in [1.165, 1.54) is 11.3 Å². The molecule has 0 amide bonds. The monoisotopic (exact) mass is 230 g/mol. The van der Waals surface area contributed by atoms with E-state index >= 15 is 0 Å². The molecular formula is C12H10N2OS. The van der Waals surface area contributed by atoms with Crippen LogP contribution < -0.4 is 5.73 Å². The van der Waals surface area contributed by atoms with Crippen molar-refractivity contribution in [2.24, 2.45) is 0 Å². The number of phenolic OH excluding ortho intramolecular Hbond substituents is 1. The van der Waals surface area contributed by atoms with E-state index in [0.717, 1.165) is 15.6 Å². The number of nitrogens with zero attached hydrogens (tertiary/aromatic N) is 1. The van der Waals surface area contributed by atoms with Crippen LogP contribution in [0.5, 0.6) is 5.75 Å². The number of fused-ring (bicyclic) bond motifs is 1. The summed E-state index contributed by atoms with van der Waals surface area (Å²) in [5, 5.41) is 19.9. The van der Waals surface area contributed by atoms with Crippen LogP contribution in [0.4, 0.5) is 5.00 Å². The second-order valence-electron chi connectivity index (χ2n) is 3.36. The molecule has 1 heterocycles. The van der Waals surface area contributed by atoms with E-state index in [4.69, 9.17) is 11.0 Å². The molecule has 16 heavy (non-hydrogen) atoms. The molecule has 0 aliphatic rings. The van der Waals surface area contributed by atoms with E-state index < -0.39 is 0 Å². The van der Waals surface area contributed by atoms with Gasteiger partial charge in [0.1, 0.15) is 16.8 Å². The smallest absolute Gasteiger partial charge is 0.117 e.